The summed E-state index contributed by atoms with van der Waals surface area (Å²) in [5, 5.41) is 0.675. The van der Waals surface area contributed by atoms with Crippen molar-refractivity contribution in [2.24, 2.45) is 0 Å². The van der Waals surface area contributed by atoms with Crippen molar-refractivity contribution in [2.45, 2.75) is 18.9 Å². The van der Waals surface area contributed by atoms with E-state index in [0.29, 0.717) is 11.6 Å². The summed E-state index contributed by atoms with van der Waals surface area (Å²) in [7, 11) is 0. The predicted molar refractivity (Wildman–Crippen MR) is 54.8 cm³/mol. The van der Waals surface area contributed by atoms with Crippen LogP contribution in [-0.4, -0.2) is 19.3 Å². The third-order valence-electron chi connectivity index (χ3n) is 2.19. The van der Waals surface area contributed by atoms with Gasteiger partial charge in [0.2, 0.25) is 0 Å². The summed E-state index contributed by atoms with van der Waals surface area (Å²) in [5.74, 6) is 0.727. The molecule has 2 rings (SSSR count). The summed E-state index contributed by atoms with van der Waals surface area (Å²) in [6, 6.07) is 8.26. The Kier molecular flexibility index (Phi) is 3.27. The molecule has 1 saturated heterocycles. The highest BCUT2D eigenvalue weighted by Gasteiger charge is 2.15. The Hall–Kier alpha value is -0.730. The molecular weight excluding hydrogens is 200 g/mol. The molecule has 14 heavy (non-hydrogen) atoms. The Bertz CT molecular complexity index is 278. The van der Waals surface area contributed by atoms with Crippen molar-refractivity contribution in [3.8, 4) is 5.75 Å². The average molecular weight is 212 g/mol. The molecule has 0 spiro atoms. The lowest BCUT2D eigenvalue weighted by atomic mass is 10.2. The molecule has 0 N–H and O–H groups in total. The second-order valence-electron chi connectivity index (χ2n) is 3.32. The molecule has 1 aliphatic heterocycles. The molecule has 1 radical (unpaired) electrons. The molecule has 0 saturated carbocycles. The largest absolute Gasteiger partial charge is 0.490 e. The molecule has 3 heteroatoms. The van der Waals surface area contributed by atoms with E-state index in [1.54, 1.807) is 12.1 Å². The minimum atomic E-state index is 0.249. The molecule has 1 unspecified atom stereocenters. The highest BCUT2D eigenvalue weighted by molar-refractivity contribution is 6.30. The third kappa shape index (κ3) is 2.63. The summed E-state index contributed by atoms with van der Waals surface area (Å²) in [6.07, 6.45) is 2.48. The molecule has 1 atom stereocenters. The second kappa shape index (κ2) is 4.67. The first kappa shape index (κ1) is 9.81. The van der Waals surface area contributed by atoms with Crippen molar-refractivity contribution >= 4 is 11.6 Å². The fourth-order valence-corrected chi connectivity index (χ4v) is 1.56. The molecule has 0 amide bonds. The summed E-state index contributed by atoms with van der Waals surface area (Å²) < 4.78 is 10.9. The van der Waals surface area contributed by atoms with Gasteiger partial charge in [0, 0.05) is 17.7 Å². The number of ether oxygens (including phenoxy) is 2. The Labute approximate surface area is 88.8 Å². The molecule has 1 aromatic carbocycles. The maximum absolute atomic E-state index is 5.73. The maximum atomic E-state index is 5.73. The molecule has 75 valence electrons. The fraction of sp³-hybridized carbons (Fsp3) is 0.455. The van der Waals surface area contributed by atoms with E-state index in [1.165, 1.54) is 0 Å². The third-order valence-corrected chi connectivity index (χ3v) is 2.43. The van der Waals surface area contributed by atoms with Crippen LogP contribution in [0.1, 0.15) is 12.8 Å². The number of halogens is 1. The summed E-state index contributed by atoms with van der Waals surface area (Å²) >= 11 is 5.73. The normalized spacial score (nSPS) is 21.1. The van der Waals surface area contributed by atoms with E-state index in [-0.39, 0.29) is 6.10 Å². The molecule has 1 aliphatic rings. The van der Waals surface area contributed by atoms with Crippen LogP contribution in [0.2, 0.25) is 5.02 Å². The summed E-state index contributed by atoms with van der Waals surface area (Å²) in [6.45, 7) is 1.47. The minimum absolute atomic E-state index is 0.249. The van der Waals surface area contributed by atoms with Gasteiger partial charge in [0.15, 0.2) is 0 Å². The van der Waals surface area contributed by atoms with Crippen LogP contribution < -0.4 is 4.74 Å². The zero-order chi connectivity index (χ0) is 9.80. The number of benzene rings is 1. The van der Waals surface area contributed by atoms with Gasteiger partial charge in [0.25, 0.3) is 0 Å². The van der Waals surface area contributed by atoms with E-state index in [0.717, 1.165) is 25.2 Å². The van der Waals surface area contributed by atoms with Crippen molar-refractivity contribution in [3.05, 3.63) is 29.3 Å². The van der Waals surface area contributed by atoms with Crippen molar-refractivity contribution in [1.82, 2.24) is 0 Å². The fourth-order valence-electron chi connectivity index (χ4n) is 1.44. The molecule has 1 heterocycles. The number of rotatable bonds is 3. The van der Waals surface area contributed by atoms with Crippen LogP contribution in [0.5, 0.6) is 5.75 Å². The van der Waals surface area contributed by atoms with Gasteiger partial charge < -0.3 is 9.47 Å². The monoisotopic (exact) mass is 211 g/mol. The zero-order valence-corrected chi connectivity index (χ0v) is 8.59. The van der Waals surface area contributed by atoms with Crippen molar-refractivity contribution < 1.29 is 9.47 Å². The van der Waals surface area contributed by atoms with E-state index < -0.39 is 0 Å². The zero-order valence-electron chi connectivity index (χ0n) is 7.83. The van der Waals surface area contributed by atoms with Crippen LogP contribution in [0.3, 0.4) is 0 Å². The Morgan fingerprint density at radius 3 is 3.14 bits per heavy atom. The first-order chi connectivity index (χ1) is 6.84. The molecule has 0 bridgehead atoms. The predicted octanol–water partition coefficient (Wildman–Crippen LogP) is 2.70. The van der Waals surface area contributed by atoms with Gasteiger partial charge in [0.1, 0.15) is 12.4 Å². The summed E-state index contributed by atoms with van der Waals surface area (Å²) in [5.41, 5.74) is 0. The van der Waals surface area contributed by atoms with E-state index in [4.69, 9.17) is 21.1 Å². The SMILES string of the molecule is Clc1c[c]c(OCC2CCCO2)cc1. The average Bonchev–Trinajstić information content (AvgIpc) is 2.70. The lowest BCUT2D eigenvalue weighted by Crippen LogP contribution is -2.16. The van der Waals surface area contributed by atoms with Gasteiger partial charge in [0.05, 0.1) is 6.10 Å². The standard InChI is InChI=1S/C11H12ClO2/c12-9-3-5-10(6-4-9)14-8-11-2-1-7-13-11/h3-5,11H,1-2,7-8H2. The second-order valence-corrected chi connectivity index (χ2v) is 3.75. The van der Waals surface area contributed by atoms with Crippen molar-refractivity contribution in [3.63, 3.8) is 0 Å². The highest BCUT2D eigenvalue weighted by Crippen LogP contribution is 2.17. The Morgan fingerprint density at radius 1 is 1.57 bits per heavy atom. The first-order valence-corrected chi connectivity index (χ1v) is 5.14. The van der Waals surface area contributed by atoms with Gasteiger partial charge in [-0.05, 0) is 31.0 Å². The van der Waals surface area contributed by atoms with Crippen molar-refractivity contribution in [2.75, 3.05) is 13.2 Å². The Balaban J connectivity index is 1.82. The number of hydrogen-bond acceptors (Lipinski definition) is 2. The van der Waals surface area contributed by atoms with E-state index in [1.807, 2.05) is 6.07 Å². The van der Waals surface area contributed by atoms with Crippen LogP contribution in [0.25, 0.3) is 0 Å². The lowest BCUT2D eigenvalue weighted by molar-refractivity contribution is 0.0678. The van der Waals surface area contributed by atoms with E-state index in [9.17, 15) is 0 Å². The van der Waals surface area contributed by atoms with Gasteiger partial charge in [-0.25, -0.2) is 0 Å². The minimum Gasteiger partial charge on any atom is -0.490 e. The lowest BCUT2D eigenvalue weighted by Gasteiger charge is -2.10. The van der Waals surface area contributed by atoms with Gasteiger partial charge in [-0.2, -0.15) is 0 Å². The topological polar surface area (TPSA) is 18.5 Å². The summed E-state index contributed by atoms with van der Waals surface area (Å²) in [4.78, 5) is 0. The van der Waals surface area contributed by atoms with Crippen LogP contribution in [0.15, 0.2) is 18.2 Å². The van der Waals surface area contributed by atoms with Crippen LogP contribution in [-0.2, 0) is 4.74 Å². The van der Waals surface area contributed by atoms with E-state index in [2.05, 4.69) is 6.07 Å². The first-order valence-electron chi connectivity index (χ1n) is 4.76. The number of hydrogen-bond donors (Lipinski definition) is 0. The van der Waals surface area contributed by atoms with Crippen LogP contribution >= 0.6 is 11.6 Å². The van der Waals surface area contributed by atoms with Gasteiger partial charge >= 0.3 is 0 Å². The van der Waals surface area contributed by atoms with Crippen molar-refractivity contribution in [1.29, 1.82) is 0 Å². The molecule has 1 fully saturated rings. The highest BCUT2D eigenvalue weighted by atomic mass is 35.5. The molecule has 0 aliphatic carbocycles. The van der Waals surface area contributed by atoms with Crippen LogP contribution in [0.4, 0.5) is 0 Å². The molecule has 1 aromatic rings. The smallest absolute Gasteiger partial charge is 0.127 e. The van der Waals surface area contributed by atoms with Crippen LogP contribution in [0, 0.1) is 6.07 Å². The Morgan fingerprint density at radius 2 is 2.50 bits per heavy atom. The van der Waals surface area contributed by atoms with Gasteiger partial charge in [-0.1, -0.05) is 11.6 Å². The van der Waals surface area contributed by atoms with E-state index >= 15 is 0 Å². The molecular formula is C11H12ClO2. The van der Waals surface area contributed by atoms with Gasteiger partial charge in [-0.15, -0.1) is 0 Å². The van der Waals surface area contributed by atoms with Gasteiger partial charge in [-0.3, -0.25) is 0 Å². The molecule has 0 aromatic heterocycles. The quantitative estimate of drug-likeness (QED) is 0.766. The maximum Gasteiger partial charge on any atom is 0.127 e. The molecule has 2 nitrogen and oxygen atoms in total.